The number of nitrogens with one attached hydrogen (secondary N) is 2. The van der Waals surface area contributed by atoms with Gasteiger partial charge in [-0.2, -0.15) is 0 Å². The van der Waals surface area contributed by atoms with E-state index in [1.807, 2.05) is 0 Å². The summed E-state index contributed by atoms with van der Waals surface area (Å²) >= 11 is 0. The van der Waals surface area contributed by atoms with Crippen molar-refractivity contribution >= 4 is 29.3 Å². The van der Waals surface area contributed by atoms with E-state index in [1.54, 1.807) is 49.9 Å². The van der Waals surface area contributed by atoms with Crippen LogP contribution in [0.5, 0.6) is 0 Å². The minimum atomic E-state index is -0.790. The van der Waals surface area contributed by atoms with Crippen LogP contribution in [0.3, 0.4) is 0 Å². The second kappa shape index (κ2) is 9.16. The number of carbonyl (C=O) groups excluding carboxylic acids is 3. The molecule has 2 N–H and O–H groups in total. The minimum absolute atomic E-state index is 0.0994. The lowest BCUT2D eigenvalue weighted by molar-refractivity contribution is -0.128. The predicted octanol–water partition coefficient (Wildman–Crippen LogP) is 4.55. The molecule has 0 aliphatic carbocycles. The van der Waals surface area contributed by atoms with Crippen LogP contribution >= 0.6 is 0 Å². The lowest BCUT2D eigenvalue weighted by Crippen LogP contribution is -2.27. The fourth-order valence-corrected chi connectivity index (χ4v) is 3.17. The molecule has 1 aliphatic rings. The zero-order valence-corrected chi connectivity index (χ0v) is 17.8. The Kier molecular flexibility index (Phi) is 6.58. The largest absolute Gasteiger partial charge is 0.444 e. The van der Waals surface area contributed by atoms with E-state index in [9.17, 15) is 18.8 Å². The van der Waals surface area contributed by atoms with Gasteiger partial charge in [-0.15, -0.1) is 0 Å². The maximum Gasteiger partial charge on any atom is 0.412 e. The Bertz CT molecular complexity index is 983. The van der Waals surface area contributed by atoms with Gasteiger partial charge in [-0.05, 0) is 63.1 Å². The first kappa shape index (κ1) is 22.3. The monoisotopic (exact) mass is 427 g/mol. The van der Waals surface area contributed by atoms with Crippen molar-refractivity contribution in [2.45, 2.75) is 45.8 Å². The molecule has 1 fully saturated rings. The van der Waals surface area contributed by atoms with Crippen LogP contribution in [0.25, 0.3) is 0 Å². The molecule has 0 bridgehead atoms. The summed E-state index contributed by atoms with van der Waals surface area (Å²) in [7, 11) is 0. The predicted molar refractivity (Wildman–Crippen MR) is 115 cm³/mol. The van der Waals surface area contributed by atoms with Crippen molar-refractivity contribution in [3.63, 3.8) is 0 Å². The zero-order chi connectivity index (χ0) is 22.6. The molecule has 2 aromatic rings. The van der Waals surface area contributed by atoms with Crippen molar-refractivity contribution in [1.82, 2.24) is 4.90 Å². The van der Waals surface area contributed by atoms with Crippen LogP contribution in [-0.4, -0.2) is 35.0 Å². The Morgan fingerprint density at radius 2 is 1.81 bits per heavy atom. The third-order valence-electron chi connectivity index (χ3n) is 4.62. The zero-order valence-electron chi connectivity index (χ0n) is 17.8. The van der Waals surface area contributed by atoms with Crippen molar-refractivity contribution in [3.8, 4) is 0 Å². The molecule has 164 valence electrons. The topological polar surface area (TPSA) is 87.7 Å². The Morgan fingerprint density at radius 1 is 1.10 bits per heavy atom. The number of amides is 3. The van der Waals surface area contributed by atoms with Gasteiger partial charge >= 0.3 is 6.09 Å². The second-order valence-electron chi connectivity index (χ2n) is 8.39. The van der Waals surface area contributed by atoms with Gasteiger partial charge in [0.1, 0.15) is 11.4 Å². The van der Waals surface area contributed by atoms with Crippen LogP contribution in [0.2, 0.25) is 0 Å². The van der Waals surface area contributed by atoms with Crippen LogP contribution in [0.4, 0.5) is 20.6 Å². The van der Waals surface area contributed by atoms with Crippen molar-refractivity contribution in [2.24, 2.45) is 0 Å². The normalized spacial score (nSPS) is 13.8. The molecular formula is C23H26FN3O4. The van der Waals surface area contributed by atoms with Crippen LogP contribution in [0.15, 0.2) is 42.5 Å². The van der Waals surface area contributed by atoms with E-state index in [2.05, 4.69) is 10.6 Å². The third-order valence-corrected chi connectivity index (χ3v) is 4.62. The molecule has 1 heterocycles. The highest BCUT2D eigenvalue weighted by molar-refractivity contribution is 6.04. The van der Waals surface area contributed by atoms with Crippen molar-refractivity contribution in [2.75, 3.05) is 17.2 Å². The number of ether oxygens (including phenoxy) is 1. The number of hydrogen-bond donors (Lipinski definition) is 2. The first-order valence-electron chi connectivity index (χ1n) is 10.1. The highest BCUT2D eigenvalue weighted by Crippen LogP contribution is 2.22. The number of nitrogens with zero attached hydrogens (tertiary/aromatic N) is 1. The molecule has 2 aromatic carbocycles. The molecule has 31 heavy (non-hydrogen) atoms. The number of carbonyl (C=O) groups is 3. The van der Waals surface area contributed by atoms with Crippen LogP contribution in [-0.2, 0) is 16.1 Å². The minimum Gasteiger partial charge on any atom is -0.444 e. The fourth-order valence-electron chi connectivity index (χ4n) is 3.17. The van der Waals surface area contributed by atoms with E-state index >= 15 is 0 Å². The van der Waals surface area contributed by atoms with Gasteiger partial charge in [-0.3, -0.25) is 14.9 Å². The van der Waals surface area contributed by atoms with Gasteiger partial charge in [-0.25, -0.2) is 9.18 Å². The summed E-state index contributed by atoms with van der Waals surface area (Å²) in [6.07, 6.45) is 0.673. The summed E-state index contributed by atoms with van der Waals surface area (Å²) < 4.78 is 19.2. The molecule has 8 heteroatoms. The molecule has 0 unspecified atom stereocenters. The van der Waals surface area contributed by atoms with Gasteiger partial charge in [0.25, 0.3) is 5.91 Å². The Labute approximate surface area is 180 Å². The Balaban J connectivity index is 1.63. The number of likely N-dealkylation sites (tertiary alicyclic amines) is 1. The summed E-state index contributed by atoms with van der Waals surface area (Å²) in [5.74, 6) is -0.878. The van der Waals surface area contributed by atoms with Crippen LogP contribution in [0, 0.1) is 5.82 Å². The number of halogens is 1. The average molecular weight is 427 g/mol. The van der Waals surface area contributed by atoms with E-state index in [-0.39, 0.29) is 17.5 Å². The molecule has 0 atom stereocenters. The molecule has 0 aromatic heterocycles. The van der Waals surface area contributed by atoms with Gasteiger partial charge in [0, 0.05) is 30.8 Å². The average Bonchev–Trinajstić information content (AvgIpc) is 3.08. The number of benzene rings is 2. The van der Waals surface area contributed by atoms with E-state index in [0.29, 0.717) is 24.2 Å². The third kappa shape index (κ3) is 6.28. The maximum absolute atomic E-state index is 14.1. The van der Waals surface area contributed by atoms with Gasteiger partial charge in [0.2, 0.25) is 5.91 Å². The van der Waals surface area contributed by atoms with Gasteiger partial charge in [0.15, 0.2) is 0 Å². The standard InChI is InChI=1S/C23H26FN3O4/c1-23(2,3)31-22(30)26-19-13-17(10-11-18(19)24)25-21(29)16-8-6-15(7-9-16)14-27-12-4-5-20(27)28/h6-11,13H,4-5,12,14H2,1-3H3,(H,25,29)(H,26,30). The van der Waals surface area contributed by atoms with Crippen LogP contribution in [0.1, 0.15) is 49.5 Å². The summed E-state index contributed by atoms with van der Waals surface area (Å²) in [5.41, 5.74) is 0.863. The molecule has 3 rings (SSSR count). The SMILES string of the molecule is CC(C)(C)OC(=O)Nc1cc(NC(=O)c2ccc(CN3CCCC3=O)cc2)ccc1F. The number of rotatable bonds is 5. The van der Waals surface area contributed by atoms with Crippen molar-refractivity contribution < 1.29 is 23.5 Å². The smallest absolute Gasteiger partial charge is 0.412 e. The molecule has 7 nitrogen and oxygen atoms in total. The van der Waals surface area contributed by atoms with E-state index in [0.717, 1.165) is 24.6 Å². The van der Waals surface area contributed by atoms with E-state index < -0.39 is 17.5 Å². The van der Waals surface area contributed by atoms with Crippen LogP contribution < -0.4 is 10.6 Å². The fraction of sp³-hybridized carbons (Fsp3) is 0.348. The number of hydrogen-bond acceptors (Lipinski definition) is 4. The summed E-state index contributed by atoms with van der Waals surface area (Å²) in [5, 5.41) is 5.03. The first-order valence-corrected chi connectivity index (χ1v) is 10.1. The summed E-state index contributed by atoms with van der Waals surface area (Å²) in [6.45, 7) is 6.39. The molecule has 3 amide bonds. The van der Waals surface area contributed by atoms with E-state index in [4.69, 9.17) is 4.74 Å². The lowest BCUT2D eigenvalue weighted by Gasteiger charge is -2.20. The maximum atomic E-state index is 14.1. The molecule has 1 aliphatic heterocycles. The molecule has 0 saturated carbocycles. The number of anilines is 2. The summed E-state index contributed by atoms with van der Waals surface area (Å²) in [6, 6.07) is 10.8. The molecule has 0 radical (unpaired) electrons. The highest BCUT2D eigenvalue weighted by atomic mass is 19.1. The molecule has 1 saturated heterocycles. The van der Waals surface area contributed by atoms with E-state index in [1.165, 1.54) is 12.1 Å². The van der Waals surface area contributed by atoms with Crippen molar-refractivity contribution in [1.29, 1.82) is 0 Å². The van der Waals surface area contributed by atoms with Gasteiger partial charge in [-0.1, -0.05) is 12.1 Å². The van der Waals surface area contributed by atoms with Crippen molar-refractivity contribution in [3.05, 3.63) is 59.4 Å². The summed E-state index contributed by atoms with van der Waals surface area (Å²) in [4.78, 5) is 38.0. The van der Waals surface area contributed by atoms with Gasteiger partial charge < -0.3 is 15.0 Å². The Morgan fingerprint density at radius 3 is 2.42 bits per heavy atom. The van der Waals surface area contributed by atoms with Gasteiger partial charge in [0.05, 0.1) is 5.69 Å². The molecule has 0 spiro atoms. The molecular weight excluding hydrogens is 401 g/mol. The first-order chi connectivity index (χ1) is 14.6. The highest BCUT2D eigenvalue weighted by Gasteiger charge is 2.20. The lowest BCUT2D eigenvalue weighted by atomic mass is 10.1. The Hall–Kier alpha value is -3.42. The quantitative estimate of drug-likeness (QED) is 0.733. The second-order valence-corrected chi connectivity index (χ2v) is 8.39.